The molecule has 0 saturated heterocycles. The lowest BCUT2D eigenvalue weighted by Gasteiger charge is -2.15. The number of nitrogens with two attached hydrogens (primary N) is 1. The molecule has 0 saturated carbocycles. The Hall–Kier alpha value is -1.16. The van der Waals surface area contributed by atoms with Gasteiger partial charge in [-0.25, -0.2) is 9.37 Å². The largest absolute Gasteiger partial charge is 0.473 e. The highest BCUT2D eigenvalue weighted by molar-refractivity contribution is 5.23. The molecule has 1 aromatic heterocycles. The van der Waals surface area contributed by atoms with E-state index in [2.05, 4.69) is 11.9 Å². The van der Waals surface area contributed by atoms with Crippen LogP contribution < -0.4 is 10.5 Å². The smallest absolute Gasteiger partial charge is 0.250 e. The summed E-state index contributed by atoms with van der Waals surface area (Å²) in [5.41, 5.74) is 5.88. The summed E-state index contributed by atoms with van der Waals surface area (Å²) in [5, 5.41) is 0. The van der Waals surface area contributed by atoms with E-state index in [0.717, 1.165) is 12.8 Å². The van der Waals surface area contributed by atoms with Gasteiger partial charge in [-0.15, -0.1) is 0 Å². The zero-order valence-electron chi connectivity index (χ0n) is 11.3. The van der Waals surface area contributed by atoms with Crippen molar-refractivity contribution in [3.63, 3.8) is 0 Å². The van der Waals surface area contributed by atoms with Crippen LogP contribution in [0.1, 0.15) is 51.5 Å². The van der Waals surface area contributed by atoms with Gasteiger partial charge in [-0.1, -0.05) is 26.2 Å². The van der Waals surface area contributed by atoms with E-state index in [1.807, 2.05) is 6.92 Å². The molecule has 0 spiro atoms. The molecular weight excluding hydrogens is 231 g/mol. The first-order chi connectivity index (χ1) is 8.69. The van der Waals surface area contributed by atoms with Gasteiger partial charge in [0.1, 0.15) is 0 Å². The average Bonchev–Trinajstić information content (AvgIpc) is 2.37. The van der Waals surface area contributed by atoms with Crippen molar-refractivity contribution >= 4 is 0 Å². The molecular formula is C14H23FN2O. The molecule has 1 heterocycles. The highest BCUT2D eigenvalue weighted by atomic mass is 19.1. The van der Waals surface area contributed by atoms with Crippen molar-refractivity contribution in [1.29, 1.82) is 0 Å². The molecule has 0 bridgehead atoms. The number of unbranched alkanes of at least 4 members (excludes halogenated alkanes) is 3. The van der Waals surface area contributed by atoms with E-state index in [1.54, 1.807) is 6.07 Å². The van der Waals surface area contributed by atoms with Crippen LogP contribution in [0.2, 0.25) is 0 Å². The number of hydrogen-bond acceptors (Lipinski definition) is 3. The molecule has 0 fully saturated rings. The molecule has 0 radical (unpaired) electrons. The first-order valence-corrected chi connectivity index (χ1v) is 6.69. The van der Waals surface area contributed by atoms with Crippen molar-refractivity contribution in [2.24, 2.45) is 5.73 Å². The van der Waals surface area contributed by atoms with Crippen molar-refractivity contribution in [3.8, 4) is 5.88 Å². The second-order valence-electron chi connectivity index (χ2n) is 4.57. The van der Waals surface area contributed by atoms with Crippen LogP contribution in [-0.4, -0.2) is 11.1 Å². The van der Waals surface area contributed by atoms with Crippen LogP contribution in [-0.2, 0) is 6.54 Å². The van der Waals surface area contributed by atoms with Crippen molar-refractivity contribution in [2.75, 3.05) is 0 Å². The summed E-state index contributed by atoms with van der Waals surface area (Å²) in [4.78, 5) is 3.92. The molecule has 0 aliphatic heterocycles. The van der Waals surface area contributed by atoms with E-state index in [4.69, 9.17) is 10.5 Å². The Morgan fingerprint density at radius 1 is 1.39 bits per heavy atom. The highest BCUT2D eigenvalue weighted by Gasteiger charge is 2.12. The summed E-state index contributed by atoms with van der Waals surface area (Å²) in [6.07, 6.45) is 7.19. The minimum atomic E-state index is -0.430. The zero-order valence-corrected chi connectivity index (χ0v) is 11.3. The van der Waals surface area contributed by atoms with Crippen LogP contribution in [0.5, 0.6) is 5.88 Å². The Kier molecular flexibility index (Phi) is 6.65. The quantitative estimate of drug-likeness (QED) is 0.723. The number of rotatable bonds is 8. The van der Waals surface area contributed by atoms with Crippen LogP contribution in [0.4, 0.5) is 4.39 Å². The number of aromatic nitrogens is 1. The van der Waals surface area contributed by atoms with E-state index in [9.17, 15) is 4.39 Å². The number of nitrogens with zero attached hydrogens (tertiary/aromatic N) is 1. The maximum absolute atomic E-state index is 13.8. The van der Waals surface area contributed by atoms with Crippen LogP contribution in [0.25, 0.3) is 0 Å². The SMILES string of the molecule is CCCCCCC(C)Oc1nccc(CN)c1F. The summed E-state index contributed by atoms with van der Waals surface area (Å²) in [6.45, 7) is 4.29. The molecule has 18 heavy (non-hydrogen) atoms. The standard InChI is InChI=1S/C14H23FN2O/c1-3-4-5-6-7-11(2)18-14-13(15)12(10-16)8-9-17-14/h8-9,11H,3-7,10,16H2,1-2H3. The van der Waals surface area contributed by atoms with E-state index in [1.165, 1.54) is 25.5 Å². The molecule has 0 aromatic carbocycles. The maximum Gasteiger partial charge on any atom is 0.250 e. The summed E-state index contributed by atoms with van der Waals surface area (Å²) < 4.78 is 19.3. The predicted molar refractivity (Wildman–Crippen MR) is 70.9 cm³/mol. The molecule has 1 atom stereocenters. The Labute approximate surface area is 109 Å². The van der Waals surface area contributed by atoms with Crippen LogP contribution >= 0.6 is 0 Å². The van der Waals surface area contributed by atoms with Crippen molar-refractivity contribution in [3.05, 3.63) is 23.6 Å². The molecule has 4 heteroatoms. The van der Waals surface area contributed by atoms with Crippen LogP contribution in [0, 0.1) is 5.82 Å². The lowest BCUT2D eigenvalue weighted by Crippen LogP contribution is -2.14. The van der Waals surface area contributed by atoms with Gasteiger partial charge < -0.3 is 10.5 Å². The molecule has 1 rings (SSSR count). The summed E-state index contributed by atoms with van der Waals surface area (Å²) in [6, 6.07) is 1.58. The second-order valence-corrected chi connectivity index (χ2v) is 4.57. The van der Waals surface area contributed by atoms with Gasteiger partial charge in [-0.2, -0.15) is 0 Å². The Balaban J connectivity index is 2.46. The zero-order chi connectivity index (χ0) is 13.4. The second kappa shape index (κ2) is 8.03. The molecule has 3 nitrogen and oxygen atoms in total. The molecule has 0 aliphatic rings. The molecule has 0 amide bonds. The number of pyridine rings is 1. The van der Waals surface area contributed by atoms with Gasteiger partial charge in [0.25, 0.3) is 5.88 Å². The van der Waals surface area contributed by atoms with Gasteiger partial charge in [-0.3, -0.25) is 0 Å². The third kappa shape index (κ3) is 4.61. The Morgan fingerprint density at radius 2 is 2.17 bits per heavy atom. The fourth-order valence-electron chi connectivity index (χ4n) is 1.81. The topological polar surface area (TPSA) is 48.1 Å². The van der Waals surface area contributed by atoms with Crippen LogP contribution in [0.15, 0.2) is 12.3 Å². The van der Waals surface area contributed by atoms with E-state index in [-0.39, 0.29) is 18.5 Å². The third-order valence-electron chi connectivity index (χ3n) is 2.93. The van der Waals surface area contributed by atoms with Gasteiger partial charge in [0.05, 0.1) is 6.10 Å². The number of halogens is 1. The minimum Gasteiger partial charge on any atom is -0.473 e. The van der Waals surface area contributed by atoms with E-state index >= 15 is 0 Å². The van der Waals surface area contributed by atoms with Crippen molar-refractivity contribution in [1.82, 2.24) is 4.98 Å². The highest BCUT2D eigenvalue weighted by Crippen LogP contribution is 2.19. The molecule has 1 unspecified atom stereocenters. The van der Waals surface area contributed by atoms with Crippen molar-refractivity contribution in [2.45, 2.75) is 58.6 Å². The van der Waals surface area contributed by atoms with Crippen LogP contribution in [0.3, 0.4) is 0 Å². The fourth-order valence-corrected chi connectivity index (χ4v) is 1.81. The molecule has 2 N–H and O–H groups in total. The Morgan fingerprint density at radius 3 is 2.83 bits per heavy atom. The van der Waals surface area contributed by atoms with Crippen molar-refractivity contribution < 1.29 is 9.13 Å². The lowest BCUT2D eigenvalue weighted by molar-refractivity contribution is 0.188. The summed E-state index contributed by atoms with van der Waals surface area (Å²) >= 11 is 0. The Bertz CT molecular complexity index is 358. The third-order valence-corrected chi connectivity index (χ3v) is 2.93. The summed E-state index contributed by atoms with van der Waals surface area (Å²) in [5.74, 6) is -0.360. The normalized spacial score (nSPS) is 12.4. The number of hydrogen-bond donors (Lipinski definition) is 1. The van der Waals surface area contributed by atoms with Gasteiger partial charge in [0, 0.05) is 18.3 Å². The first kappa shape index (κ1) is 14.9. The van der Waals surface area contributed by atoms with Gasteiger partial charge in [-0.05, 0) is 25.8 Å². The molecule has 0 aliphatic carbocycles. The van der Waals surface area contributed by atoms with Gasteiger partial charge in [0.15, 0.2) is 5.82 Å². The molecule has 102 valence electrons. The first-order valence-electron chi connectivity index (χ1n) is 6.69. The molecule has 1 aromatic rings. The fraction of sp³-hybridized carbons (Fsp3) is 0.643. The predicted octanol–water partition coefficient (Wildman–Crippen LogP) is 3.42. The van der Waals surface area contributed by atoms with E-state index < -0.39 is 5.82 Å². The van der Waals surface area contributed by atoms with Gasteiger partial charge in [0.2, 0.25) is 0 Å². The lowest BCUT2D eigenvalue weighted by atomic mass is 10.1. The minimum absolute atomic E-state index is 0.0168. The summed E-state index contributed by atoms with van der Waals surface area (Å²) in [7, 11) is 0. The van der Waals surface area contributed by atoms with E-state index in [0.29, 0.717) is 5.56 Å². The van der Waals surface area contributed by atoms with Gasteiger partial charge >= 0.3 is 0 Å². The maximum atomic E-state index is 13.8. The number of ether oxygens (including phenoxy) is 1. The average molecular weight is 254 g/mol. The monoisotopic (exact) mass is 254 g/mol.